The summed E-state index contributed by atoms with van der Waals surface area (Å²) in [7, 11) is 0. The van der Waals surface area contributed by atoms with Crippen LogP contribution < -0.4 is 5.32 Å². The van der Waals surface area contributed by atoms with E-state index in [1.807, 2.05) is 10.7 Å². The molecule has 3 aromatic heterocycles. The van der Waals surface area contributed by atoms with E-state index in [1.54, 1.807) is 17.5 Å². The molecule has 0 amide bonds. The molecular weight excluding hydrogens is 256 g/mol. The van der Waals surface area contributed by atoms with Crippen molar-refractivity contribution in [2.75, 3.05) is 5.32 Å². The highest BCUT2D eigenvalue weighted by Gasteiger charge is 2.09. The van der Waals surface area contributed by atoms with Crippen molar-refractivity contribution in [2.45, 2.75) is 26.3 Å². The van der Waals surface area contributed by atoms with E-state index < -0.39 is 0 Å². The molecule has 0 radical (unpaired) electrons. The lowest BCUT2D eigenvalue weighted by Gasteiger charge is -2.04. The number of hydrogen-bond acceptors (Lipinski definition) is 4. The minimum atomic E-state index is 0.421. The molecule has 0 saturated carbocycles. The van der Waals surface area contributed by atoms with Crippen LogP contribution in [-0.4, -0.2) is 14.6 Å². The standard InChI is InChI=1S/C14H16N4S/c1-10(2)12-8-13-14(15-5-6-18(13)17-12)16-9-11-4-3-7-19-11/h3-8,10H,9H2,1-2H3,(H,15,16). The summed E-state index contributed by atoms with van der Waals surface area (Å²) in [5.41, 5.74) is 2.12. The second kappa shape index (κ2) is 5.01. The molecule has 0 spiro atoms. The fourth-order valence-electron chi connectivity index (χ4n) is 1.94. The average molecular weight is 272 g/mol. The minimum absolute atomic E-state index is 0.421. The van der Waals surface area contributed by atoms with Crippen LogP contribution in [-0.2, 0) is 6.54 Å². The molecular formula is C14H16N4S. The first-order chi connectivity index (χ1) is 9.24. The average Bonchev–Trinajstić information content (AvgIpc) is 3.05. The van der Waals surface area contributed by atoms with Crippen molar-refractivity contribution in [3.8, 4) is 0 Å². The number of fused-ring (bicyclic) bond motifs is 1. The van der Waals surface area contributed by atoms with Gasteiger partial charge in [-0.15, -0.1) is 11.3 Å². The van der Waals surface area contributed by atoms with Crippen molar-refractivity contribution < 1.29 is 0 Å². The molecule has 5 heteroatoms. The summed E-state index contributed by atoms with van der Waals surface area (Å²) in [6, 6.07) is 6.29. The van der Waals surface area contributed by atoms with Gasteiger partial charge < -0.3 is 5.32 Å². The summed E-state index contributed by atoms with van der Waals surface area (Å²) in [6.07, 6.45) is 3.67. The van der Waals surface area contributed by atoms with E-state index in [1.165, 1.54) is 4.88 Å². The summed E-state index contributed by atoms with van der Waals surface area (Å²) in [4.78, 5) is 5.71. The fourth-order valence-corrected chi connectivity index (χ4v) is 2.59. The lowest BCUT2D eigenvalue weighted by Crippen LogP contribution is -2.02. The molecule has 0 aliphatic heterocycles. The van der Waals surface area contributed by atoms with Crippen molar-refractivity contribution in [1.29, 1.82) is 0 Å². The van der Waals surface area contributed by atoms with Crippen molar-refractivity contribution >= 4 is 22.7 Å². The van der Waals surface area contributed by atoms with Crippen LogP contribution in [0.1, 0.15) is 30.3 Å². The zero-order valence-corrected chi connectivity index (χ0v) is 11.8. The lowest BCUT2D eigenvalue weighted by atomic mass is 10.1. The monoisotopic (exact) mass is 272 g/mol. The number of rotatable bonds is 4. The Morgan fingerprint density at radius 2 is 2.32 bits per heavy atom. The molecule has 0 aliphatic carbocycles. The van der Waals surface area contributed by atoms with Gasteiger partial charge in [-0.3, -0.25) is 0 Å². The van der Waals surface area contributed by atoms with E-state index in [9.17, 15) is 0 Å². The molecule has 0 unspecified atom stereocenters. The summed E-state index contributed by atoms with van der Waals surface area (Å²) in [5.74, 6) is 1.31. The fraction of sp³-hybridized carbons (Fsp3) is 0.286. The largest absolute Gasteiger partial charge is 0.363 e. The van der Waals surface area contributed by atoms with Crippen LogP contribution in [0.5, 0.6) is 0 Å². The van der Waals surface area contributed by atoms with Gasteiger partial charge in [0.25, 0.3) is 0 Å². The van der Waals surface area contributed by atoms with Gasteiger partial charge in [-0.2, -0.15) is 5.10 Å². The molecule has 0 saturated heterocycles. The Balaban J connectivity index is 1.90. The van der Waals surface area contributed by atoms with Gasteiger partial charge in [0.15, 0.2) is 5.82 Å². The highest BCUT2D eigenvalue weighted by atomic mass is 32.1. The Morgan fingerprint density at radius 1 is 1.42 bits per heavy atom. The first-order valence-electron chi connectivity index (χ1n) is 6.34. The molecule has 0 aromatic carbocycles. The number of aromatic nitrogens is 3. The van der Waals surface area contributed by atoms with Crippen LogP contribution in [0.2, 0.25) is 0 Å². The smallest absolute Gasteiger partial charge is 0.152 e. The van der Waals surface area contributed by atoms with E-state index in [0.717, 1.165) is 23.6 Å². The van der Waals surface area contributed by atoms with Crippen molar-refractivity contribution in [1.82, 2.24) is 14.6 Å². The van der Waals surface area contributed by atoms with Gasteiger partial charge in [-0.25, -0.2) is 9.50 Å². The number of anilines is 1. The Morgan fingerprint density at radius 3 is 3.05 bits per heavy atom. The normalized spacial score (nSPS) is 11.3. The molecule has 1 N–H and O–H groups in total. The Labute approximate surface area is 116 Å². The highest BCUT2D eigenvalue weighted by molar-refractivity contribution is 7.09. The molecule has 0 aliphatic rings. The predicted molar refractivity (Wildman–Crippen MR) is 78.7 cm³/mol. The van der Waals surface area contributed by atoms with Crippen LogP contribution >= 0.6 is 11.3 Å². The molecule has 98 valence electrons. The molecule has 3 heterocycles. The molecule has 0 fully saturated rings. The Hall–Kier alpha value is -1.88. The maximum atomic E-state index is 4.56. The number of nitrogens with zero attached hydrogens (tertiary/aromatic N) is 3. The second-order valence-electron chi connectivity index (χ2n) is 4.76. The van der Waals surface area contributed by atoms with Crippen LogP contribution in [0, 0.1) is 0 Å². The first-order valence-corrected chi connectivity index (χ1v) is 7.22. The number of thiophene rings is 1. The van der Waals surface area contributed by atoms with Gasteiger partial charge in [0.1, 0.15) is 5.52 Å². The third-order valence-corrected chi connectivity index (χ3v) is 3.89. The Kier molecular flexibility index (Phi) is 3.21. The van der Waals surface area contributed by atoms with Crippen LogP contribution in [0.4, 0.5) is 5.82 Å². The minimum Gasteiger partial charge on any atom is -0.363 e. The third kappa shape index (κ3) is 2.46. The van der Waals surface area contributed by atoms with E-state index in [-0.39, 0.29) is 0 Å². The SMILES string of the molecule is CC(C)c1cc2c(NCc3cccs3)nccn2n1. The van der Waals surface area contributed by atoms with Crippen molar-refractivity contribution in [3.05, 3.63) is 46.5 Å². The van der Waals surface area contributed by atoms with Crippen LogP contribution in [0.25, 0.3) is 5.52 Å². The number of nitrogens with one attached hydrogen (secondary N) is 1. The maximum absolute atomic E-state index is 4.56. The molecule has 0 atom stereocenters. The molecule has 4 nitrogen and oxygen atoms in total. The topological polar surface area (TPSA) is 42.2 Å². The summed E-state index contributed by atoms with van der Waals surface area (Å²) < 4.78 is 1.89. The molecule has 19 heavy (non-hydrogen) atoms. The quantitative estimate of drug-likeness (QED) is 0.790. The molecule has 3 aromatic rings. The van der Waals surface area contributed by atoms with Gasteiger partial charge in [0.05, 0.1) is 12.2 Å². The van der Waals surface area contributed by atoms with Crippen LogP contribution in [0.3, 0.4) is 0 Å². The highest BCUT2D eigenvalue weighted by Crippen LogP contribution is 2.20. The van der Waals surface area contributed by atoms with Gasteiger partial charge in [-0.1, -0.05) is 19.9 Å². The zero-order valence-electron chi connectivity index (χ0n) is 11.0. The number of hydrogen-bond donors (Lipinski definition) is 1. The third-order valence-electron chi connectivity index (χ3n) is 3.01. The van der Waals surface area contributed by atoms with Crippen molar-refractivity contribution in [2.24, 2.45) is 0 Å². The first kappa shape index (κ1) is 12.2. The molecule has 0 bridgehead atoms. The molecule has 3 rings (SSSR count). The van der Waals surface area contributed by atoms with Gasteiger partial charge >= 0.3 is 0 Å². The predicted octanol–water partition coefficient (Wildman–Crippen LogP) is 3.53. The van der Waals surface area contributed by atoms with Gasteiger partial charge in [-0.05, 0) is 23.4 Å². The lowest BCUT2D eigenvalue weighted by molar-refractivity contribution is 0.787. The van der Waals surface area contributed by atoms with E-state index >= 15 is 0 Å². The summed E-state index contributed by atoms with van der Waals surface area (Å²) in [5, 5.41) is 10.0. The zero-order chi connectivity index (χ0) is 13.2. The van der Waals surface area contributed by atoms with Crippen LogP contribution in [0.15, 0.2) is 36.0 Å². The van der Waals surface area contributed by atoms with Gasteiger partial charge in [0.2, 0.25) is 0 Å². The van der Waals surface area contributed by atoms with Crippen molar-refractivity contribution in [3.63, 3.8) is 0 Å². The van der Waals surface area contributed by atoms with E-state index in [0.29, 0.717) is 5.92 Å². The summed E-state index contributed by atoms with van der Waals surface area (Å²) in [6.45, 7) is 5.09. The van der Waals surface area contributed by atoms with Gasteiger partial charge in [0, 0.05) is 17.3 Å². The second-order valence-corrected chi connectivity index (χ2v) is 5.79. The van der Waals surface area contributed by atoms with E-state index in [2.05, 4.69) is 52.8 Å². The summed E-state index contributed by atoms with van der Waals surface area (Å²) >= 11 is 1.74. The Bertz CT molecular complexity index is 670. The maximum Gasteiger partial charge on any atom is 0.152 e. The van der Waals surface area contributed by atoms with E-state index in [4.69, 9.17) is 0 Å².